The van der Waals surface area contributed by atoms with Crippen molar-refractivity contribution in [3.63, 3.8) is 0 Å². The molecule has 0 aromatic heterocycles. The summed E-state index contributed by atoms with van der Waals surface area (Å²) < 4.78 is 10.9. The molecule has 1 amide bonds. The summed E-state index contributed by atoms with van der Waals surface area (Å²) in [6.07, 6.45) is 0.430. The van der Waals surface area contributed by atoms with Crippen LogP contribution in [-0.2, 0) is 35.1 Å². The van der Waals surface area contributed by atoms with Crippen molar-refractivity contribution in [3.8, 4) is 11.1 Å². The molecule has 254 valence electrons. The van der Waals surface area contributed by atoms with Crippen molar-refractivity contribution in [2.75, 3.05) is 13.7 Å². The van der Waals surface area contributed by atoms with E-state index in [1.165, 1.54) is 18.9 Å². The van der Waals surface area contributed by atoms with Gasteiger partial charge in [-0.05, 0) is 58.7 Å². The molecule has 1 unspecified atom stereocenters. The Morgan fingerprint density at radius 3 is 1.92 bits per heavy atom. The monoisotopic (exact) mass is 677 g/mol. The molecule has 0 aliphatic heterocycles. The number of hydrogen-bond donors (Lipinski definition) is 1. The highest BCUT2D eigenvalue weighted by Crippen LogP contribution is 2.44. The van der Waals surface area contributed by atoms with Crippen LogP contribution in [0.5, 0.6) is 0 Å². The first kappa shape index (κ1) is 35.6. The largest absolute Gasteiger partial charge is 0.468 e. The Labute approximate surface area is 292 Å². The van der Waals surface area contributed by atoms with Gasteiger partial charge in [0.1, 0.15) is 11.9 Å². The summed E-state index contributed by atoms with van der Waals surface area (Å²) >= 11 is 1.26. The van der Waals surface area contributed by atoms with E-state index in [1.54, 1.807) is 0 Å². The minimum Gasteiger partial charge on any atom is -0.468 e. The molecule has 0 spiro atoms. The molecule has 49 heavy (non-hydrogen) atoms. The van der Waals surface area contributed by atoms with Gasteiger partial charge in [-0.3, -0.25) is 19.2 Å². The molecule has 0 saturated carbocycles. The summed E-state index contributed by atoms with van der Waals surface area (Å²) in [5.74, 6) is -2.42. The Morgan fingerprint density at radius 2 is 1.33 bits per heavy atom. The Kier molecular flexibility index (Phi) is 12.4. The van der Waals surface area contributed by atoms with Gasteiger partial charge in [-0.15, -0.1) is 11.8 Å². The van der Waals surface area contributed by atoms with Gasteiger partial charge in [0.15, 0.2) is 5.78 Å². The zero-order valence-corrected chi connectivity index (χ0v) is 29.0. The number of hydrogen-bond acceptors (Lipinski definition) is 7. The first-order chi connectivity index (χ1) is 23.7. The van der Waals surface area contributed by atoms with Gasteiger partial charge in [0, 0.05) is 17.2 Å². The highest BCUT2D eigenvalue weighted by molar-refractivity contribution is 8.00. The maximum absolute atomic E-state index is 14.0. The number of carbonyl (C=O) groups is 4. The van der Waals surface area contributed by atoms with Gasteiger partial charge in [-0.1, -0.05) is 111 Å². The van der Waals surface area contributed by atoms with E-state index in [0.717, 1.165) is 32.7 Å². The third kappa shape index (κ3) is 9.48. The van der Waals surface area contributed by atoms with Crippen molar-refractivity contribution in [2.45, 2.75) is 61.6 Å². The molecular formula is C41H43NO6S. The molecule has 3 atom stereocenters. The second-order valence-electron chi connectivity index (χ2n) is 12.8. The predicted octanol–water partition coefficient (Wildman–Crippen LogP) is 7.42. The van der Waals surface area contributed by atoms with Gasteiger partial charge in [-0.25, -0.2) is 0 Å². The van der Waals surface area contributed by atoms with E-state index in [1.807, 2.05) is 98.8 Å². The number of amides is 1. The molecule has 0 fully saturated rings. The van der Waals surface area contributed by atoms with Crippen LogP contribution in [0.4, 0.5) is 0 Å². The van der Waals surface area contributed by atoms with Crippen molar-refractivity contribution >= 4 is 35.4 Å². The van der Waals surface area contributed by atoms with Crippen LogP contribution in [0.3, 0.4) is 0 Å². The maximum Gasteiger partial charge on any atom is 0.319 e. The Bertz CT molecular complexity index is 1700. The average Bonchev–Trinajstić information content (AvgIpc) is 3.43. The van der Waals surface area contributed by atoms with Gasteiger partial charge >= 0.3 is 11.9 Å². The molecule has 7 nitrogen and oxygen atoms in total. The molecule has 4 aromatic rings. The number of Topliss-reactive ketones (excluding diaryl/α,β-unsaturated/α-hetero) is 1. The normalized spacial score (nSPS) is 13.9. The lowest BCUT2D eigenvalue weighted by Gasteiger charge is -2.24. The van der Waals surface area contributed by atoms with E-state index in [4.69, 9.17) is 9.47 Å². The van der Waals surface area contributed by atoms with E-state index < -0.39 is 35.1 Å². The summed E-state index contributed by atoms with van der Waals surface area (Å²) in [7, 11) is 1.30. The molecule has 5 rings (SSSR count). The van der Waals surface area contributed by atoms with Crippen molar-refractivity contribution in [3.05, 3.63) is 126 Å². The van der Waals surface area contributed by atoms with Gasteiger partial charge in [0.2, 0.25) is 5.91 Å². The smallest absolute Gasteiger partial charge is 0.319 e. The fourth-order valence-electron chi connectivity index (χ4n) is 6.36. The summed E-state index contributed by atoms with van der Waals surface area (Å²) in [5, 5.41) is 2.19. The highest BCUT2D eigenvalue weighted by atomic mass is 32.2. The van der Waals surface area contributed by atoms with Crippen LogP contribution in [0.25, 0.3) is 11.1 Å². The Balaban J connectivity index is 1.29. The lowest BCUT2D eigenvalue weighted by atomic mass is 9.92. The molecule has 8 heteroatoms. The third-order valence-corrected chi connectivity index (χ3v) is 9.95. The van der Waals surface area contributed by atoms with Crippen LogP contribution >= 0.6 is 11.8 Å². The predicted molar refractivity (Wildman–Crippen MR) is 192 cm³/mol. The summed E-state index contributed by atoms with van der Waals surface area (Å²) in [4.78, 5) is 54.7. The molecule has 0 radical (unpaired) electrons. The maximum atomic E-state index is 14.0. The number of ether oxygens (including phenoxy) is 2. The average molecular weight is 678 g/mol. The quantitative estimate of drug-likeness (QED) is 0.0974. The van der Waals surface area contributed by atoms with Crippen LogP contribution in [0.15, 0.2) is 114 Å². The summed E-state index contributed by atoms with van der Waals surface area (Å²) in [6.45, 7) is 4.11. The van der Waals surface area contributed by atoms with Crippen LogP contribution in [0.2, 0.25) is 0 Å². The second kappa shape index (κ2) is 17.1. The molecule has 0 saturated heterocycles. The molecule has 1 aliphatic carbocycles. The van der Waals surface area contributed by atoms with Crippen LogP contribution in [0, 0.1) is 11.8 Å². The zero-order valence-electron chi connectivity index (χ0n) is 28.2. The summed E-state index contributed by atoms with van der Waals surface area (Å²) in [5.41, 5.74) is 5.39. The van der Waals surface area contributed by atoms with Crippen molar-refractivity contribution in [1.82, 2.24) is 5.32 Å². The molecular weight excluding hydrogens is 635 g/mol. The van der Waals surface area contributed by atoms with Crippen molar-refractivity contribution < 1.29 is 28.7 Å². The highest BCUT2D eigenvalue weighted by Gasteiger charge is 2.33. The fourth-order valence-corrected chi connectivity index (χ4v) is 7.44. The number of rotatable bonds is 16. The number of esters is 2. The lowest BCUT2D eigenvalue weighted by Crippen LogP contribution is -2.46. The zero-order chi connectivity index (χ0) is 34.8. The number of benzene rings is 4. The number of carbonyl (C=O) groups excluding carboxylic acids is 4. The number of fused-ring (bicyclic) bond motifs is 3. The first-order valence-corrected chi connectivity index (χ1v) is 17.6. The molecule has 0 heterocycles. The summed E-state index contributed by atoms with van der Waals surface area (Å²) in [6, 6.07) is 34.3. The Morgan fingerprint density at radius 1 is 0.755 bits per heavy atom. The molecule has 4 aromatic carbocycles. The van der Waals surface area contributed by atoms with E-state index in [9.17, 15) is 19.2 Å². The van der Waals surface area contributed by atoms with Crippen molar-refractivity contribution in [1.29, 1.82) is 0 Å². The number of nitrogens with one attached hydrogen (secondary N) is 1. The lowest BCUT2D eigenvalue weighted by molar-refractivity contribution is -0.147. The van der Waals surface area contributed by atoms with Gasteiger partial charge in [-0.2, -0.15) is 0 Å². The third-order valence-electron chi connectivity index (χ3n) is 8.77. The van der Waals surface area contributed by atoms with Gasteiger partial charge in [0.25, 0.3) is 0 Å². The van der Waals surface area contributed by atoms with Crippen LogP contribution in [-0.4, -0.2) is 48.6 Å². The van der Waals surface area contributed by atoms with E-state index in [-0.39, 0.29) is 37.1 Å². The minimum atomic E-state index is -0.836. The Hall–Kier alpha value is -4.69. The second-order valence-corrected chi connectivity index (χ2v) is 14.1. The topological polar surface area (TPSA) is 98.8 Å². The molecule has 1 N–H and O–H groups in total. The van der Waals surface area contributed by atoms with Gasteiger partial charge in [0.05, 0.1) is 25.5 Å². The number of ketones is 1. The van der Waals surface area contributed by atoms with Crippen LogP contribution < -0.4 is 5.32 Å². The molecule has 0 bridgehead atoms. The van der Waals surface area contributed by atoms with Gasteiger partial charge < -0.3 is 14.8 Å². The number of methoxy groups -OCH3 is 1. The SMILES string of the molecule is COC(=O)C(CC(=O)[C@H](CC(C)C)NC(=O)[C@@H](CC(=O)OCC1c2ccccc2-c2ccccc21)Cc1ccccc1)Sc1ccccc1. The van der Waals surface area contributed by atoms with Crippen LogP contribution in [0.1, 0.15) is 55.7 Å². The fraction of sp³-hybridized carbons (Fsp3) is 0.317. The van der Waals surface area contributed by atoms with E-state index >= 15 is 0 Å². The minimum absolute atomic E-state index is 0.0855. The molecule has 1 aliphatic rings. The van der Waals surface area contributed by atoms with E-state index in [0.29, 0.717) is 12.8 Å². The number of thioether (sulfide) groups is 1. The van der Waals surface area contributed by atoms with Crippen molar-refractivity contribution in [2.24, 2.45) is 11.8 Å². The van der Waals surface area contributed by atoms with E-state index in [2.05, 4.69) is 29.6 Å². The standard InChI is InChI=1S/C41H43NO6S/c1-27(2)22-36(37(43)25-38(41(46)47-3)49-30-16-8-5-9-17-30)42-40(45)29(23-28-14-6-4-7-15-28)24-39(44)48-26-35-33-20-12-10-18-31(33)32-19-11-13-21-34(32)35/h4-21,27,29,35-36,38H,22-26H2,1-3H3,(H,42,45)/t29-,36+,38?/m1/s1. The first-order valence-electron chi connectivity index (χ1n) is 16.7.